The van der Waals surface area contributed by atoms with Crippen LogP contribution < -0.4 is 4.90 Å². The summed E-state index contributed by atoms with van der Waals surface area (Å²) in [6, 6.07) is 17.7. The first-order valence-electron chi connectivity index (χ1n) is 10.6. The van der Waals surface area contributed by atoms with Crippen molar-refractivity contribution in [2.75, 3.05) is 31.1 Å². The SMILES string of the molecule is Cl.O=C1OC(c2cccc3ccccc23)=NC1=CN1CCN(c2nc3cccnc3[nH]2)CC1. The molecule has 1 saturated heterocycles. The molecule has 6 rings (SSSR count). The van der Waals surface area contributed by atoms with Crippen LogP contribution in [0.1, 0.15) is 5.56 Å². The average molecular weight is 461 g/mol. The van der Waals surface area contributed by atoms with Crippen molar-refractivity contribution in [1.82, 2.24) is 19.9 Å². The summed E-state index contributed by atoms with van der Waals surface area (Å²) in [4.78, 5) is 33.5. The van der Waals surface area contributed by atoms with Crippen LogP contribution >= 0.6 is 12.4 Å². The highest BCUT2D eigenvalue weighted by Crippen LogP contribution is 2.24. The second kappa shape index (κ2) is 8.55. The van der Waals surface area contributed by atoms with Crippen LogP contribution in [0.3, 0.4) is 0 Å². The molecular weight excluding hydrogens is 440 g/mol. The number of aliphatic imine (C=N–C) groups is 1. The minimum atomic E-state index is -0.418. The number of anilines is 1. The van der Waals surface area contributed by atoms with Crippen molar-refractivity contribution < 1.29 is 9.53 Å². The predicted octanol–water partition coefficient (Wildman–Crippen LogP) is 3.50. The van der Waals surface area contributed by atoms with Gasteiger partial charge in [-0.1, -0.05) is 36.4 Å². The minimum absolute atomic E-state index is 0. The van der Waals surface area contributed by atoms with Crippen molar-refractivity contribution in [2.24, 2.45) is 4.99 Å². The molecular formula is C24H21ClN6O2. The van der Waals surface area contributed by atoms with Gasteiger partial charge in [0.15, 0.2) is 11.3 Å². The molecule has 33 heavy (non-hydrogen) atoms. The average Bonchev–Trinajstić information content (AvgIpc) is 3.43. The maximum Gasteiger partial charge on any atom is 0.365 e. The number of hydrogen-bond donors (Lipinski definition) is 1. The Morgan fingerprint density at radius 3 is 2.64 bits per heavy atom. The first-order valence-corrected chi connectivity index (χ1v) is 10.6. The lowest BCUT2D eigenvalue weighted by molar-refractivity contribution is -0.130. The Hall–Kier alpha value is -3.91. The zero-order valence-electron chi connectivity index (χ0n) is 17.6. The Morgan fingerprint density at radius 2 is 1.79 bits per heavy atom. The number of piperazine rings is 1. The fraction of sp³-hybridized carbons (Fsp3) is 0.167. The van der Waals surface area contributed by atoms with Gasteiger partial charge in [-0.3, -0.25) is 0 Å². The second-order valence-corrected chi connectivity index (χ2v) is 7.80. The highest BCUT2D eigenvalue weighted by Gasteiger charge is 2.27. The van der Waals surface area contributed by atoms with E-state index in [4.69, 9.17) is 4.74 Å². The smallest absolute Gasteiger partial charge is 0.365 e. The van der Waals surface area contributed by atoms with E-state index in [1.807, 2.05) is 54.6 Å². The Labute approximate surface area is 196 Å². The van der Waals surface area contributed by atoms with Gasteiger partial charge in [0.05, 0.1) is 0 Å². The summed E-state index contributed by atoms with van der Waals surface area (Å²) < 4.78 is 5.52. The van der Waals surface area contributed by atoms with Crippen molar-refractivity contribution in [3.8, 4) is 0 Å². The summed E-state index contributed by atoms with van der Waals surface area (Å²) in [6.45, 7) is 3.05. The molecule has 2 aliphatic heterocycles. The monoisotopic (exact) mass is 460 g/mol. The summed E-state index contributed by atoms with van der Waals surface area (Å²) in [6.07, 6.45) is 3.56. The van der Waals surface area contributed by atoms with E-state index in [0.717, 1.165) is 59.6 Å². The van der Waals surface area contributed by atoms with Gasteiger partial charge in [-0.25, -0.2) is 19.8 Å². The molecule has 166 valence electrons. The van der Waals surface area contributed by atoms with Crippen LogP contribution in [0.5, 0.6) is 0 Å². The largest absolute Gasteiger partial charge is 0.402 e. The number of benzene rings is 2. The number of hydrogen-bond acceptors (Lipinski definition) is 7. The number of carbonyl (C=O) groups is 1. The molecule has 8 nitrogen and oxygen atoms in total. The lowest BCUT2D eigenvalue weighted by atomic mass is 10.0. The Kier molecular flexibility index (Phi) is 5.43. The number of pyridine rings is 1. The van der Waals surface area contributed by atoms with E-state index in [0.29, 0.717) is 11.6 Å². The fourth-order valence-corrected chi connectivity index (χ4v) is 4.14. The number of aromatic nitrogens is 3. The maximum absolute atomic E-state index is 12.5. The predicted molar refractivity (Wildman–Crippen MR) is 130 cm³/mol. The number of nitrogens with one attached hydrogen (secondary N) is 1. The summed E-state index contributed by atoms with van der Waals surface area (Å²) >= 11 is 0. The number of fused-ring (bicyclic) bond motifs is 2. The van der Waals surface area contributed by atoms with E-state index >= 15 is 0 Å². The normalized spacial score (nSPS) is 17.4. The Bertz CT molecular complexity index is 1370. The first-order chi connectivity index (χ1) is 15.7. The van der Waals surface area contributed by atoms with E-state index < -0.39 is 5.97 Å². The molecule has 4 aromatic rings. The first kappa shape index (κ1) is 21.0. The van der Waals surface area contributed by atoms with Crippen molar-refractivity contribution >= 4 is 52.2 Å². The third-order valence-electron chi connectivity index (χ3n) is 5.80. The van der Waals surface area contributed by atoms with Gasteiger partial charge in [-0.2, -0.15) is 0 Å². The van der Waals surface area contributed by atoms with Crippen LogP contribution in [-0.4, -0.2) is 57.9 Å². The van der Waals surface area contributed by atoms with Gasteiger partial charge >= 0.3 is 5.97 Å². The van der Waals surface area contributed by atoms with Gasteiger partial charge in [-0.05, 0) is 29.0 Å². The number of H-pyrrole nitrogens is 1. The van der Waals surface area contributed by atoms with Crippen LogP contribution in [0.2, 0.25) is 0 Å². The number of carbonyl (C=O) groups excluding carboxylic acids is 1. The van der Waals surface area contributed by atoms with Crippen molar-refractivity contribution in [2.45, 2.75) is 0 Å². The van der Waals surface area contributed by atoms with Crippen LogP contribution in [0.25, 0.3) is 21.9 Å². The number of rotatable bonds is 3. The zero-order chi connectivity index (χ0) is 21.5. The third-order valence-corrected chi connectivity index (χ3v) is 5.80. The van der Waals surface area contributed by atoms with Crippen LogP contribution in [-0.2, 0) is 9.53 Å². The molecule has 4 heterocycles. The lowest BCUT2D eigenvalue weighted by Gasteiger charge is -2.33. The molecule has 1 fully saturated rings. The fourth-order valence-electron chi connectivity index (χ4n) is 4.14. The number of cyclic esters (lactones) is 1. The number of ether oxygens (including phenoxy) is 1. The molecule has 0 saturated carbocycles. The van der Waals surface area contributed by atoms with Gasteiger partial charge in [0.25, 0.3) is 0 Å². The van der Waals surface area contributed by atoms with Gasteiger partial charge in [0, 0.05) is 44.1 Å². The summed E-state index contributed by atoms with van der Waals surface area (Å²) in [7, 11) is 0. The molecule has 0 bridgehead atoms. The molecule has 9 heteroatoms. The van der Waals surface area contributed by atoms with Crippen molar-refractivity contribution in [3.63, 3.8) is 0 Å². The Morgan fingerprint density at radius 1 is 0.970 bits per heavy atom. The molecule has 2 aromatic carbocycles. The third kappa shape index (κ3) is 3.89. The van der Waals surface area contributed by atoms with E-state index in [-0.39, 0.29) is 12.4 Å². The molecule has 0 amide bonds. The Balaban J connectivity index is 0.00000228. The highest BCUT2D eigenvalue weighted by molar-refractivity contribution is 6.16. The molecule has 0 radical (unpaired) electrons. The van der Waals surface area contributed by atoms with Crippen LogP contribution in [0.4, 0.5) is 5.95 Å². The molecule has 0 aliphatic carbocycles. The quantitative estimate of drug-likeness (QED) is 0.372. The minimum Gasteiger partial charge on any atom is -0.402 e. The number of halogens is 1. The number of nitrogens with zero attached hydrogens (tertiary/aromatic N) is 5. The van der Waals surface area contributed by atoms with Gasteiger partial charge in [0.2, 0.25) is 11.8 Å². The van der Waals surface area contributed by atoms with Crippen molar-refractivity contribution in [3.05, 3.63) is 78.3 Å². The summed E-state index contributed by atoms with van der Waals surface area (Å²) in [5.41, 5.74) is 2.80. The lowest BCUT2D eigenvalue weighted by Crippen LogP contribution is -2.44. The molecule has 0 spiro atoms. The summed E-state index contributed by atoms with van der Waals surface area (Å²) in [5.74, 6) is 0.757. The maximum atomic E-state index is 12.5. The summed E-state index contributed by atoms with van der Waals surface area (Å²) in [5, 5.41) is 2.09. The number of aromatic amines is 1. The number of esters is 1. The van der Waals surface area contributed by atoms with Crippen molar-refractivity contribution in [1.29, 1.82) is 0 Å². The second-order valence-electron chi connectivity index (χ2n) is 7.80. The van der Waals surface area contributed by atoms with Gasteiger partial charge in [0.1, 0.15) is 5.52 Å². The van der Waals surface area contributed by atoms with Crippen LogP contribution in [0.15, 0.2) is 77.7 Å². The van der Waals surface area contributed by atoms with Crippen LogP contribution in [0, 0.1) is 0 Å². The van der Waals surface area contributed by atoms with Gasteiger partial charge in [-0.15, -0.1) is 12.4 Å². The topological polar surface area (TPSA) is 86.7 Å². The van der Waals surface area contributed by atoms with Gasteiger partial charge < -0.3 is 19.5 Å². The molecule has 2 aliphatic rings. The van der Waals surface area contributed by atoms with E-state index in [1.54, 1.807) is 12.4 Å². The van der Waals surface area contributed by atoms with E-state index in [2.05, 4.69) is 29.7 Å². The molecule has 0 unspecified atom stereocenters. The zero-order valence-corrected chi connectivity index (χ0v) is 18.5. The van der Waals surface area contributed by atoms with E-state index in [1.165, 1.54) is 0 Å². The van der Waals surface area contributed by atoms with E-state index in [9.17, 15) is 4.79 Å². The molecule has 2 aromatic heterocycles. The molecule has 0 atom stereocenters. The number of imidazole rings is 1. The highest BCUT2D eigenvalue weighted by atomic mass is 35.5. The molecule has 1 N–H and O–H groups in total. The standard InChI is InChI=1S/C24H20N6O2.ClH/c31-23-20(26-22(32-23)18-8-3-6-16-5-1-2-7-17(16)18)15-29-11-13-30(14-12-29)24-27-19-9-4-10-25-21(19)28-24;/h1-10,15H,11-14H2,(H,25,27,28);1H.